The lowest BCUT2D eigenvalue weighted by molar-refractivity contribution is -0.131. The van der Waals surface area contributed by atoms with E-state index in [0.717, 1.165) is 6.07 Å². The van der Waals surface area contributed by atoms with E-state index in [-0.39, 0.29) is 35.0 Å². The van der Waals surface area contributed by atoms with Gasteiger partial charge in [-0.25, -0.2) is 18.2 Å². The standard InChI is InChI=1S/C29H24Cl3F3N4O4/c1-39-22-11-23(43-13-24(34)35)17(27(40)37-15-3-5-20(33)19(31)8-15)9-21(22)38-25(39)10-16-18(30)4-2-14(26(16)32)12-36-28(41)29(42)6-7-29/h2-5,8-9,11,24,42H,6-7,10,12-13H2,1H3,(H,36,41)(H,37,40). The van der Waals surface area contributed by atoms with Gasteiger partial charge in [0.05, 0.1) is 26.6 Å². The van der Waals surface area contributed by atoms with Crippen molar-refractivity contribution in [2.45, 2.75) is 37.8 Å². The molecule has 1 saturated carbocycles. The van der Waals surface area contributed by atoms with Crippen molar-refractivity contribution in [3.63, 3.8) is 0 Å². The second-order valence-corrected chi connectivity index (χ2v) is 11.3. The number of ether oxygens (including phenoxy) is 1. The Balaban J connectivity index is 1.45. The minimum absolute atomic E-state index is 0.0786. The average molecular weight is 656 g/mol. The number of carbonyl (C=O) groups excluding carboxylic acids is 2. The van der Waals surface area contributed by atoms with Crippen LogP contribution in [0.5, 0.6) is 5.75 Å². The van der Waals surface area contributed by atoms with Gasteiger partial charge >= 0.3 is 0 Å². The zero-order valence-electron chi connectivity index (χ0n) is 22.5. The summed E-state index contributed by atoms with van der Waals surface area (Å²) in [7, 11) is 1.70. The molecule has 5 rings (SSSR count). The van der Waals surface area contributed by atoms with Crippen LogP contribution in [-0.4, -0.2) is 45.1 Å². The minimum Gasteiger partial charge on any atom is -0.487 e. The van der Waals surface area contributed by atoms with E-state index in [0.29, 0.717) is 50.9 Å². The van der Waals surface area contributed by atoms with Gasteiger partial charge in [0.25, 0.3) is 18.2 Å². The first-order valence-electron chi connectivity index (χ1n) is 13.0. The number of amides is 2. The van der Waals surface area contributed by atoms with Crippen LogP contribution in [0.3, 0.4) is 0 Å². The van der Waals surface area contributed by atoms with Gasteiger partial charge in [0, 0.05) is 36.8 Å². The first-order valence-corrected chi connectivity index (χ1v) is 14.1. The third-order valence-electron chi connectivity index (χ3n) is 7.05. The molecule has 0 atom stereocenters. The molecule has 1 heterocycles. The van der Waals surface area contributed by atoms with Gasteiger partial charge in [0.2, 0.25) is 0 Å². The van der Waals surface area contributed by atoms with Crippen LogP contribution in [0, 0.1) is 5.82 Å². The van der Waals surface area contributed by atoms with Gasteiger partial charge < -0.3 is 25.0 Å². The average Bonchev–Trinajstić information content (AvgIpc) is 3.65. The SMILES string of the molecule is Cn1c(Cc2c(Cl)ccc(CNC(=O)C3(O)CC3)c2Cl)nc2cc(C(=O)Nc3ccc(F)c(Cl)c3)c(OCC(F)F)cc21. The van der Waals surface area contributed by atoms with Crippen molar-refractivity contribution in [1.82, 2.24) is 14.9 Å². The summed E-state index contributed by atoms with van der Waals surface area (Å²) in [5.74, 6) is -1.48. The quantitative estimate of drug-likeness (QED) is 0.186. The van der Waals surface area contributed by atoms with Crippen molar-refractivity contribution in [2.75, 3.05) is 11.9 Å². The summed E-state index contributed by atoms with van der Waals surface area (Å²) in [6.45, 7) is -0.875. The molecule has 3 N–H and O–H groups in total. The number of aromatic nitrogens is 2. The fourth-order valence-electron chi connectivity index (χ4n) is 4.44. The Morgan fingerprint density at radius 1 is 1.12 bits per heavy atom. The monoisotopic (exact) mass is 654 g/mol. The molecular weight excluding hydrogens is 632 g/mol. The number of carbonyl (C=O) groups is 2. The normalized spacial score (nSPS) is 13.8. The predicted molar refractivity (Wildman–Crippen MR) is 157 cm³/mol. The zero-order valence-corrected chi connectivity index (χ0v) is 24.8. The molecule has 0 saturated heterocycles. The van der Waals surface area contributed by atoms with E-state index in [1.54, 1.807) is 23.7 Å². The molecule has 8 nitrogen and oxygen atoms in total. The number of rotatable bonds is 10. The highest BCUT2D eigenvalue weighted by Crippen LogP contribution is 2.36. The molecule has 2 amide bonds. The maximum atomic E-state index is 13.6. The van der Waals surface area contributed by atoms with E-state index in [9.17, 15) is 27.9 Å². The number of nitrogens with one attached hydrogen (secondary N) is 2. The van der Waals surface area contributed by atoms with Gasteiger partial charge in [-0.2, -0.15) is 0 Å². The lowest BCUT2D eigenvalue weighted by atomic mass is 10.1. The Hall–Kier alpha value is -3.51. The van der Waals surface area contributed by atoms with Crippen LogP contribution in [0.15, 0.2) is 42.5 Å². The minimum atomic E-state index is -2.79. The Bertz CT molecular complexity index is 1740. The molecule has 1 aliphatic carbocycles. The van der Waals surface area contributed by atoms with E-state index < -0.39 is 36.3 Å². The summed E-state index contributed by atoms with van der Waals surface area (Å²) in [6.07, 6.45) is -1.83. The van der Waals surface area contributed by atoms with Crippen LogP contribution in [0.25, 0.3) is 11.0 Å². The third kappa shape index (κ3) is 6.70. The molecule has 0 unspecified atom stereocenters. The number of alkyl halides is 2. The number of nitrogens with zero attached hydrogens (tertiary/aromatic N) is 2. The first kappa shape index (κ1) is 30.9. The van der Waals surface area contributed by atoms with E-state index >= 15 is 0 Å². The predicted octanol–water partition coefficient (Wildman–Crippen LogP) is 6.30. The Morgan fingerprint density at radius 3 is 2.53 bits per heavy atom. The fraction of sp³-hybridized carbons (Fsp3) is 0.276. The van der Waals surface area contributed by atoms with Crippen molar-refractivity contribution in [3.05, 3.63) is 85.9 Å². The largest absolute Gasteiger partial charge is 0.487 e. The molecule has 0 aliphatic heterocycles. The van der Waals surface area contributed by atoms with Crippen LogP contribution in [0.1, 0.15) is 40.2 Å². The molecule has 4 aromatic rings. The molecule has 1 aliphatic rings. The van der Waals surface area contributed by atoms with E-state index in [1.807, 2.05) is 0 Å². The van der Waals surface area contributed by atoms with Gasteiger partial charge in [-0.05, 0) is 54.3 Å². The van der Waals surface area contributed by atoms with Crippen molar-refractivity contribution < 1.29 is 32.6 Å². The zero-order chi connectivity index (χ0) is 31.1. The molecule has 14 heteroatoms. The van der Waals surface area contributed by atoms with Gasteiger partial charge in [-0.1, -0.05) is 40.9 Å². The van der Waals surface area contributed by atoms with Crippen LogP contribution >= 0.6 is 34.8 Å². The summed E-state index contributed by atoms with van der Waals surface area (Å²) >= 11 is 19.0. The highest BCUT2D eigenvalue weighted by Gasteiger charge is 2.47. The molecule has 43 heavy (non-hydrogen) atoms. The van der Waals surface area contributed by atoms with Crippen LogP contribution < -0.4 is 15.4 Å². The summed E-state index contributed by atoms with van der Waals surface area (Å²) < 4.78 is 46.6. The summed E-state index contributed by atoms with van der Waals surface area (Å²) in [5, 5.41) is 15.7. The Kier molecular flexibility index (Phi) is 8.80. The summed E-state index contributed by atoms with van der Waals surface area (Å²) in [5.41, 5.74) is 0.730. The molecule has 1 fully saturated rings. The second kappa shape index (κ2) is 12.2. The molecule has 1 aromatic heterocycles. The number of aliphatic hydroxyl groups is 1. The highest BCUT2D eigenvalue weighted by atomic mass is 35.5. The number of anilines is 1. The molecule has 226 valence electrons. The highest BCUT2D eigenvalue weighted by molar-refractivity contribution is 6.36. The molecule has 0 radical (unpaired) electrons. The van der Waals surface area contributed by atoms with Crippen molar-refractivity contribution in [1.29, 1.82) is 0 Å². The summed E-state index contributed by atoms with van der Waals surface area (Å²) in [4.78, 5) is 30.0. The topological polar surface area (TPSA) is 105 Å². The number of fused-ring (bicyclic) bond motifs is 1. The Labute approximate surface area is 258 Å². The molecule has 3 aromatic carbocycles. The van der Waals surface area contributed by atoms with Crippen molar-refractivity contribution in [3.8, 4) is 5.75 Å². The molecule has 0 spiro atoms. The maximum Gasteiger partial charge on any atom is 0.272 e. The van der Waals surface area contributed by atoms with Crippen LogP contribution in [0.2, 0.25) is 15.1 Å². The smallest absolute Gasteiger partial charge is 0.272 e. The lowest BCUT2D eigenvalue weighted by Crippen LogP contribution is -2.35. The number of benzene rings is 3. The van der Waals surface area contributed by atoms with Crippen LogP contribution in [-0.2, 0) is 24.8 Å². The Morgan fingerprint density at radius 2 is 1.86 bits per heavy atom. The second-order valence-electron chi connectivity index (χ2n) is 10.1. The van der Waals surface area contributed by atoms with Gasteiger partial charge in [-0.3, -0.25) is 9.59 Å². The number of hydrogen-bond donors (Lipinski definition) is 3. The maximum absolute atomic E-state index is 13.6. The third-order valence-corrected chi connectivity index (χ3v) is 8.16. The van der Waals surface area contributed by atoms with Gasteiger partial charge in [0.15, 0.2) is 0 Å². The van der Waals surface area contributed by atoms with E-state index in [4.69, 9.17) is 39.5 Å². The lowest BCUT2D eigenvalue weighted by Gasteiger charge is -2.14. The van der Waals surface area contributed by atoms with E-state index in [2.05, 4.69) is 15.6 Å². The van der Waals surface area contributed by atoms with Gasteiger partial charge in [0.1, 0.15) is 29.6 Å². The van der Waals surface area contributed by atoms with Crippen LogP contribution in [0.4, 0.5) is 18.9 Å². The number of halogens is 6. The fourth-order valence-corrected chi connectivity index (χ4v) is 5.19. The number of aryl methyl sites for hydroxylation is 1. The molecule has 0 bridgehead atoms. The van der Waals surface area contributed by atoms with Gasteiger partial charge in [-0.15, -0.1) is 0 Å². The van der Waals surface area contributed by atoms with Crippen molar-refractivity contribution in [2.24, 2.45) is 7.05 Å². The molecular formula is C29H24Cl3F3N4O4. The first-order chi connectivity index (χ1) is 20.4. The number of imidazole rings is 1. The van der Waals surface area contributed by atoms with Crippen molar-refractivity contribution >= 4 is 63.3 Å². The summed E-state index contributed by atoms with van der Waals surface area (Å²) in [6, 6.07) is 9.74. The number of hydrogen-bond acceptors (Lipinski definition) is 5. The van der Waals surface area contributed by atoms with E-state index in [1.165, 1.54) is 24.3 Å².